The molecule has 20 heavy (non-hydrogen) atoms. The van der Waals surface area contributed by atoms with Gasteiger partial charge in [0.25, 0.3) is 10.0 Å². The minimum absolute atomic E-state index is 0.0595. The molecule has 0 atom stereocenters. The molecule has 0 aliphatic carbocycles. The van der Waals surface area contributed by atoms with Crippen molar-refractivity contribution in [1.29, 1.82) is 0 Å². The van der Waals surface area contributed by atoms with Crippen molar-refractivity contribution in [3.05, 3.63) is 50.9 Å². The van der Waals surface area contributed by atoms with Gasteiger partial charge in [-0.15, -0.1) is 0 Å². The van der Waals surface area contributed by atoms with Gasteiger partial charge in [0.15, 0.2) is 0 Å². The lowest BCUT2D eigenvalue weighted by atomic mass is 10.3. The van der Waals surface area contributed by atoms with E-state index in [-0.39, 0.29) is 9.92 Å². The number of anilines is 2. The summed E-state index contributed by atoms with van der Waals surface area (Å²) in [6.45, 7) is 0. The van der Waals surface area contributed by atoms with Crippen LogP contribution in [0.3, 0.4) is 0 Å². The maximum absolute atomic E-state index is 12.2. The van der Waals surface area contributed by atoms with Crippen LogP contribution in [-0.2, 0) is 10.0 Å². The second kappa shape index (κ2) is 5.81. The van der Waals surface area contributed by atoms with E-state index in [9.17, 15) is 8.42 Å². The Bertz CT molecular complexity index is 766. The highest BCUT2D eigenvalue weighted by Crippen LogP contribution is 2.28. The SMILES string of the molecule is Nc1cc(S(=O)(=O)Nc2ccc(Cl)c(Cl)c2)ccc1Br. The van der Waals surface area contributed by atoms with Crippen LogP contribution in [0.5, 0.6) is 0 Å². The first-order valence-corrected chi connectivity index (χ1v) is 8.36. The van der Waals surface area contributed by atoms with E-state index in [0.29, 0.717) is 20.9 Å². The van der Waals surface area contributed by atoms with Crippen molar-refractivity contribution in [2.75, 3.05) is 10.5 Å². The summed E-state index contributed by atoms with van der Waals surface area (Å²) >= 11 is 14.8. The van der Waals surface area contributed by atoms with Crippen molar-refractivity contribution in [3.63, 3.8) is 0 Å². The van der Waals surface area contributed by atoms with Gasteiger partial charge in [-0.2, -0.15) is 0 Å². The molecule has 2 rings (SSSR count). The smallest absolute Gasteiger partial charge is 0.261 e. The second-order valence-electron chi connectivity index (χ2n) is 3.92. The van der Waals surface area contributed by atoms with Crippen LogP contribution in [0.15, 0.2) is 45.8 Å². The van der Waals surface area contributed by atoms with Gasteiger partial charge in [-0.25, -0.2) is 8.42 Å². The second-order valence-corrected chi connectivity index (χ2v) is 7.27. The summed E-state index contributed by atoms with van der Waals surface area (Å²) in [6.07, 6.45) is 0. The van der Waals surface area contributed by atoms with Crippen molar-refractivity contribution < 1.29 is 8.42 Å². The van der Waals surface area contributed by atoms with Gasteiger partial charge in [-0.1, -0.05) is 23.2 Å². The fourth-order valence-corrected chi connectivity index (χ4v) is 3.09. The van der Waals surface area contributed by atoms with Crippen LogP contribution in [-0.4, -0.2) is 8.42 Å². The molecule has 0 unspecified atom stereocenters. The van der Waals surface area contributed by atoms with E-state index in [1.165, 1.54) is 30.3 Å². The van der Waals surface area contributed by atoms with Crippen molar-refractivity contribution in [3.8, 4) is 0 Å². The normalized spacial score (nSPS) is 11.3. The quantitative estimate of drug-likeness (QED) is 0.767. The van der Waals surface area contributed by atoms with E-state index in [1.807, 2.05) is 0 Å². The average Bonchev–Trinajstić information content (AvgIpc) is 2.37. The van der Waals surface area contributed by atoms with Crippen LogP contribution in [0.1, 0.15) is 0 Å². The zero-order valence-electron chi connectivity index (χ0n) is 9.90. The Kier molecular flexibility index (Phi) is 4.49. The molecule has 0 amide bonds. The molecule has 0 aliphatic rings. The van der Waals surface area contributed by atoms with E-state index in [2.05, 4.69) is 20.7 Å². The Labute approximate surface area is 135 Å². The predicted molar refractivity (Wildman–Crippen MR) is 85.8 cm³/mol. The number of nitrogen functional groups attached to an aromatic ring is 1. The van der Waals surface area contributed by atoms with Crippen LogP contribution in [0.4, 0.5) is 11.4 Å². The Morgan fingerprint density at radius 1 is 1.05 bits per heavy atom. The molecule has 3 N–H and O–H groups in total. The number of nitrogens with two attached hydrogens (primary N) is 1. The highest BCUT2D eigenvalue weighted by molar-refractivity contribution is 9.10. The maximum Gasteiger partial charge on any atom is 0.261 e. The first kappa shape index (κ1) is 15.4. The van der Waals surface area contributed by atoms with Gasteiger partial charge in [0, 0.05) is 10.2 Å². The van der Waals surface area contributed by atoms with Gasteiger partial charge >= 0.3 is 0 Å². The molecule has 2 aromatic carbocycles. The molecule has 0 spiro atoms. The highest BCUT2D eigenvalue weighted by atomic mass is 79.9. The molecule has 0 heterocycles. The monoisotopic (exact) mass is 394 g/mol. The molecule has 0 saturated carbocycles. The van der Waals surface area contributed by atoms with Crippen molar-refractivity contribution in [2.24, 2.45) is 0 Å². The molecule has 4 nitrogen and oxygen atoms in total. The van der Waals surface area contributed by atoms with E-state index in [0.717, 1.165) is 0 Å². The number of rotatable bonds is 3. The summed E-state index contributed by atoms with van der Waals surface area (Å²) in [7, 11) is -3.73. The van der Waals surface area contributed by atoms with Gasteiger partial charge in [-0.3, -0.25) is 4.72 Å². The van der Waals surface area contributed by atoms with Crippen molar-refractivity contribution in [1.82, 2.24) is 0 Å². The summed E-state index contributed by atoms with van der Waals surface area (Å²) in [5, 5.41) is 0.615. The predicted octanol–water partition coefficient (Wildman–Crippen LogP) is 4.14. The third-order valence-electron chi connectivity index (χ3n) is 2.45. The summed E-state index contributed by atoms with van der Waals surface area (Å²) in [6, 6.07) is 8.85. The zero-order chi connectivity index (χ0) is 14.9. The lowest BCUT2D eigenvalue weighted by molar-refractivity contribution is 0.601. The maximum atomic E-state index is 12.2. The van der Waals surface area contributed by atoms with E-state index >= 15 is 0 Å². The largest absolute Gasteiger partial charge is 0.398 e. The first-order valence-electron chi connectivity index (χ1n) is 5.32. The topological polar surface area (TPSA) is 72.2 Å². The third-order valence-corrected chi connectivity index (χ3v) is 5.29. The Morgan fingerprint density at radius 2 is 1.75 bits per heavy atom. The summed E-state index contributed by atoms with van der Waals surface area (Å²) in [5.74, 6) is 0. The summed E-state index contributed by atoms with van der Waals surface area (Å²) < 4.78 is 27.4. The number of sulfonamides is 1. The molecule has 0 fully saturated rings. The number of hydrogen-bond donors (Lipinski definition) is 2. The lowest BCUT2D eigenvalue weighted by Gasteiger charge is -2.10. The van der Waals surface area contributed by atoms with Crippen molar-refractivity contribution in [2.45, 2.75) is 4.90 Å². The summed E-state index contributed by atoms with van der Waals surface area (Å²) in [5.41, 5.74) is 6.33. The number of hydrogen-bond acceptors (Lipinski definition) is 3. The Hall–Kier alpha value is -0.950. The molecule has 0 aromatic heterocycles. The van der Waals surface area contributed by atoms with Gasteiger partial charge in [0.05, 0.1) is 20.6 Å². The van der Waals surface area contributed by atoms with Crippen LogP contribution in [0.25, 0.3) is 0 Å². The standard InChI is InChI=1S/C12H9BrCl2N2O2S/c13-9-3-2-8(6-12(9)16)20(18,19)17-7-1-4-10(14)11(15)5-7/h1-6,17H,16H2. The van der Waals surface area contributed by atoms with E-state index in [1.54, 1.807) is 6.07 Å². The summed E-state index contributed by atoms with van der Waals surface area (Å²) in [4.78, 5) is 0.0595. The fraction of sp³-hybridized carbons (Fsp3) is 0. The van der Waals surface area contributed by atoms with Crippen LogP contribution >= 0.6 is 39.1 Å². The number of halogens is 3. The van der Waals surface area contributed by atoms with Crippen molar-refractivity contribution >= 4 is 60.5 Å². The molecular formula is C12H9BrCl2N2O2S. The minimum atomic E-state index is -3.73. The van der Waals surface area contributed by atoms with Gasteiger partial charge in [0.2, 0.25) is 0 Å². The molecule has 8 heteroatoms. The van der Waals surface area contributed by atoms with Crippen LogP contribution in [0, 0.1) is 0 Å². The van der Waals surface area contributed by atoms with Crippen LogP contribution in [0.2, 0.25) is 10.0 Å². The molecule has 0 radical (unpaired) electrons. The molecule has 0 saturated heterocycles. The minimum Gasteiger partial charge on any atom is -0.398 e. The Balaban J connectivity index is 2.35. The fourth-order valence-electron chi connectivity index (χ4n) is 1.46. The number of benzene rings is 2. The van der Waals surface area contributed by atoms with E-state index in [4.69, 9.17) is 28.9 Å². The van der Waals surface area contributed by atoms with Crippen LogP contribution < -0.4 is 10.5 Å². The Morgan fingerprint density at radius 3 is 2.35 bits per heavy atom. The molecule has 0 aliphatic heterocycles. The van der Waals surface area contributed by atoms with E-state index < -0.39 is 10.0 Å². The molecule has 2 aromatic rings. The lowest BCUT2D eigenvalue weighted by Crippen LogP contribution is -2.13. The molecular weight excluding hydrogens is 387 g/mol. The van der Waals surface area contributed by atoms with Gasteiger partial charge in [0.1, 0.15) is 0 Å². The average molecular weight is 396 g/mol. The number of nitrogens with one attached hydrogen (secondary N) is 1. The third kappa shape index (κ3) is 3.38. The van der Waals surface area contributed by atoms with Gasteiger partial charge in [-0.05, 0) is 52.3 Å². The molecule has 106 valence electrons. The van der Waals surface area contributed by atoms with Gasteiger partial charge < -0.3 is 5.73 Å². The zero-order valence-corrected chi connectivity index (χ0v) is 13.8. The first-order chi connectivity index (χ1) is 9.29. The highest BCUT2D eigenvalue weighted by Gasteiger charge is 2.15. The molecule has 0 bridgehead atoms.